The fourth-order valence-corrected chi connectivity index (χ4v) is 4.44. The quantitative estimate of drug-likeness (QED) is 0.321. The van der Waals surface area contributed by atoms with Crippen LogP contribution in [0.1, 0.15) is 59.8 Å². The summed E-state index contributed by atoms with van der Waals surface area (Å²) in [5.41, 5.74) is -0.430. The number of carbonyl (C=O) groups is 1. The normalized spacial score (nSPS) is 23.9. The molecular weight excluding hydrogens is 487 g/mol. The minimum absolute atomic E-state index is 0. The topological polar surface area (TPSA) is 66.0 Å². The Labute approximate surface area is 192 Å². The van der Waals surface area contributed by atoms with Gasteiger partial charge >= 0.3 is 6.09 Å². The number of carbonyl (C=O) groups excluding carboxylic acids is 1. The molecular formula is C20H39IN4O2S. The van der Waals surface area contributed by atoms with Gasteiger partial charge in [0.1, 0.15) is 5.60 Å². The van der Waals surface area contributed by atoms with E-state index in [2.05, 4.69) is 23.8 Å². The zero-order valence-electron chi connectivity index (χ0n) is 18.1. The Morgan fingerprint density at radius 2 is 1.89 bits per heavy atom. The van der Waals surface area contributed by atoms with E-state index >= 15 is 0 Å². The number of hydrogen-bond donors (Lipinski definition) is 2. The SMILES string of the molecule is CCNC(=NCC1CCN(C(=O)OC(C)(C)C)CC1)NC1CCC(SC)C1.I. The summed E-state index contributed by atoms with van der Waals surface area (Å²) in [5.74, 6) is 1.47. The fraction of sp³-hybridized carbons (Fsp3) is 0.900. The maximum atomic E-state index is 12.2. The van der Waals surface area contributed by atoms with Crippen molar-refractivity contribution < 1.29 is 9.53 Å². The van der Waals surface area contributed by atoms with E-state index in [1.165, 1.54) is 19.3 Å². The molecule has 28 heavy (non-hydrogen) atoms. The molecule has 1 aliphatic carbocycles. The van der Waals surface area contributed by atoms with Crippen LogP contribution >= 0.6 is 35.7 Å². The van der Waals surface area contributed by atoms with E-state index in [1.807, 2.05) is 37.4 Å². The van der Waals surface area contributed by atoms with Gasteiger partial charge in [-0.1, -0.05) is 0 Å². The molecule has 1 amide bonds. The summed E-state index contributed by atoms with van der Waals surface area (Å²) in [4.78, 5) is 18.8. The van der Waals surface area contributed by atoms with Crippen molar-refractivity contribution in [3.8, 4) is 0 Å². The summed E-state index contributed by atoms with van der Waals surface area (Å²) in [6.45, 7) is 11.1. The van der Waals surface area contributed by atoms with Crippen molar-refractivity contribution in [2.45, 2.75) is 76.7 Å². The van der Waals surface area contributed by atoms with Gasteiger partial charge in [0.15, 0.2) is 5.96 Å². The van der Waals surface area contributed by atoms with Crippen LogP contribution in [0, 0.1) is 5.92 Å². The summed E-state index contributed by atoms with van der Waals surface area (Å²) in [5, 5.41) is 7.78. The Balaban J connectivity index is 0.00000392. The van der Waals surface area contributed by atoms with Crippen molar-refractivity contribution in [3.63, 3.8) is 0 Å². The van der Waals surface area contributed by atoms with Gasteiger partial charge in [0.2, 0.25) is 0 Å². The minimum Gasteiger partial charge on any atom is -0.444 e. The molecule has 2 rings (SSSR count). The Morgan fingerprint density at radius 3 is 2.43 bits per heavy atom. The Hall–Kier alpha value is -0.380. The van der Waals surface area contributed by atoms with Crippen LogP contribution in [0.5, 0.6) is 0 Å². The van der Waals surface area contributed by atoms with Crippen LogP contribution < -0.4 is 10.6 Å². The molecule has 2 aliphatic rings. The maximum Gasteiger partial charge on any atom is 0.410 e. The van der Waals surface area contributed by atoms with Gasteiger partial charge in [0.25, 0.3) is 0 Å². The van der Waals surface area contributed by atoms with Crippen molar-refractivity contribution in [1.82, 2.24) is 15.5 Å². The summed E-state index contributed by atoms with van der Waals surface area (Å²) in [6, 6.07) is 0.536. The van der Waals surface area contributed by atoms with Gasteiger partial charge in [-0.15, -0.1) is 24.0 Å². The lowest BCUT2D eigenvalue weighted by Crippen LogP contribution is -2.44. The molecule has 0 aromatic rings. The number of amides is 1. The molecule has 0 radical (unpaired) electrons. The third kappa shape index (κ3) is 8.97. The summed E-state index contributed by atoms with van der Waals surface area (Å²) in [7, 11) is 0. The van der Waals surface area contributed by atoms with Crippen LogP contribution in [-0.2, 0) is 4.74 Å². The monoisotopic (exact) mass is 526 g/mol. The molecule has 164 valence electrons. The summed E-state index contributed by atoms with van der Waals surface area (Å²) < 4.78 is 5.47. The molecule has 1 saturated carbocycles. The average molecular weight is 527 g/mol. The molecule has 0 aromatic heterocycles. The third-order valence-corrected chi connectivity index (χ3v) is 6.27. The molecule has 0 spiro atoms. The lowest BCUT2D eigenvalue weighted by atomic mass is 9.97. The number of nitrogens with one attached hydrogen (secondary N) is 2. The van der Waals surface area contributed by atoms with E-state index in [1.54, 1.807) is 0 Å². The van der Waals surface area contributed by atoms with Crippen LogP contribution in [0.4, 0.5) is 4.79 Å². The smallest absolute Gasteiger partial charge is 0.410 e. The van der Waals surface area contributed by atoms with Crippen molar-refractivity contribution in [3.05, 3.63) is 0 Å². The highest BCUT2D eigenvalue weighted by atomic mass is 127. The van der Waals surface area contributed by atoms with Crippen molar-refractivity contribution >= 4 is 47.8 Å². The lowest BCUT2D eigenvalue weighted by Gasteiger charge is -2.33. The van der Waals surface area contributed by atoms with Gasteiger partial charge in [0.05, 0.1) is 0 Å². The molecule has 1 aliphatic heterocycles. The number of halogens is 1. The largest absolute Gasteiger partial charge is 0.444 e. The zero-order valence-corrected chi connectivity index (χ0v) is 21.3. The predicted octanol–water partition coefficient (Wildman–Crippen LogP) is 4.09. The second-order valence-corrected chi connectivity index (χ2v) is 9.78. The first-order chi connectivity index (χ1) is 12.8. The number of guanidine groups is 1. The number of piperidine rings is 1. The zero-order chi connectivity index (χ0) is 19.9. The molecule has 0 aromatic carbocycles. The summed E-state index contributed by atoms with van der Waals surface area (Å²) in [6.07, 6.45) is 7.73. The molecule has 0 bridgehead atoms. The molecule has 2 unspecified atom stereocenters. The minimum atomic E-state index is -0.430. The highest BCUT2D eigenvalue weighted by molar-refractivity contribution is 14.0. The molecule has 2 N–H and O–H groups in total. The lowest BCUT2D eigenvalue weighted by molar-refractivity contribution is 0.0187. The molecule has 2 fully saturated rings. The number of thioether (sulfide) groups is 1. The van der Waals surface area contributed by atoms with E-state index in [0.717, 1.165) is 50.2 Å². The van der Waals surface area contributed by atoms with E-state index in [-0.39, 0.29) is 30.1 Å². The predicted molar refractivity (Wildman–Crippen MR) is 130 cm³/mol. The molecule has 1 saturated heterocycles. The van der Waals surface area contributed by atoms with E-state index in [0.29, 0.717) is 12.0 Å². The third-order valence-electron chi connectivity index (χ3n) is 5.18. The van der Waals surface area contributed by atoms with Crippen molar-refractivity contribution in [1.29, 1.82) is 0 Å². The van der Waals surface area contributed by atoms with Crippen LogP contribution in [-0.4, -0.2) is 66.3 Å². The standard InChI is InChI=1S/C20H38N4O2S.HI/c1-6-21-18(23-16-7-8-17(13-16)27-5)22-14-15-9-11-24(12-10-15)19(25)26-20(2,3)4;/h15-17H,6-14H2,1-5H3,(H2,21,22,23);1H. The van der Waals surface area contributed by atoms with Crippen LogP contribution in [0.2, 0.25) is 0 Å². The highest BCUT2D eigenvalue weighted by Gasteiger charge is 2.27. The number of nitrogens with zero attached hydrogens (tertiary/aromatic N) is 2. The maximum absolute atomic E-state index is 12.2. The first-order valence-corrected chi connectivity index (χ1v) is 11.6. The molecule has 6 nitrogen and oxygen atoms in total. The van der Waals surface area contributed by atoms with E-state index < -0.39 is 5.60 Å². The van der Waals surface area contributed by atoms with E-state index in [4.69, 9.17) is 9.73 Å². The first kappa shape index (κ1) is 25.7. The van der Waals surface area contributed by atoms with Gasteiger partial charge in [-0.05, 0) is 72.0 Å². The van der Waals surface area contributed by atoms with Gasteiger partial charge in [0, 0.05) is 37.5 Å². The fourth-order valence-electron chi connectivity index (χ4n) is 3.64. The second kappa shape index (κ2) is 12.3. The number of ether oxygens (including phenoxy) is 1. The molecule has 8 heteroatoms. The van der Waals surface area contributed by atoms with Gasteiger partial charge < -0.3 is 20.3 Å². The Bertz CT molecular complexity index is 505. The highest BCUT2D eigenvalue weighted by Crippen LogP contribution is 2.28. The van der Waals surface area contributed by atoms with Crippen molar-refractivity contribution in [2.24, 2.45) is 10.9 Å². The van der Waals surface area contributed by atoms with Crippen LogP contribution in [0.25, 0.3) is 0 Å². The van der Waals surface area contributed by atoms with Crippen molar-refractivity contribution in [2.75, 3.05) is 32.4 Å². The second-order valence-electron chi connectivity index (χ2n) is 8.64. The Morgan fingerprint density at radius 1 is 1.21 bits per heavy atom. The number of rotatable bonds is 5. The summed E-state index contributed by atoms with van der Waals surface area (Å²) >= 11 is 1.98. The average Bonchev–Trinajstić information content (AvgIpc) is 3.06. The van der Waals surface area contributed by atoms with Crippen LogP contribution in [0.3, 0.4) is 0 Å². The van der Waals surface area contributed by atoms with Gasteiger partial charge in [-0.3, -0.25) is 4.99 Å². The number of hydrogen-bond acceptors (Lipinski definition) is 4. The van der Waals surface area contributed by atoms with E-state index in [9.17, 15) is 4.79 Å². The molecule has 2 atom stereocenters. The van der Waals surface area contributed by atoms with Crippen LogP contribution in [0.15, 0.2) is 4.99 Å². The molecule has 1 heterocycles. The first-order valence-electron chi connectivity index (χ1n) is 10.4. The van der Waals surface area contributed by atoms with Gasteiger partial charge in [-0.25, -0.2) is 4.79 Å². The number of likely N-dealkylation sites (tertiary alicyclic amines) is 1. The van der Waals surface area contributed by atoms with Gasteiger partial charge in [-0.2, -0.15) is 11.8 Å². The Kier molecular flexibility index (Phi) is 11.3. The number of aliphatic imine (C=N–C) groups is 1.